The summed E-state index contributed by atoms with van der Waals surface area (Å²) in [6.07, 6.45) is 6.22. The van der Waals surface area contributed by atoms with Gasteiger partial charge in [0.2, 0.25) is 0 Å². The molecule has 0 bridgehead atoms. The molecule has 0 N–H and O–H groups in total. The molecule has 4 nitrogen and oxygen atoms in total. The van der Waals surface area contributed by atoms with Crippen LogP contribution >= 0.6 is 0 Å². The van der Waals surface area contributed by atoms with Crippen LogP contribution in [0.25, 0.3) is 0 Å². The lowest BCUT2D eigenvalue weighted by Crippen LogP contribution is -2.49. The highest BCUT2D eigenvalue weighted by Crippen LogP contribution is 2.31. The number of hydrogen-bond donors (Lipinski definition) is 0. The predicted molar refractivity (Wildman–Crippen MR) is 76.4 cm³/mol. The van der Waals surface area contributed by atoms with Crippen molar-refractivity contribution in [3.63, 3.8) is 0 Å². The summed E-state index contributed by atoms with van der Waals surface area (Å²) in [5.41, 5.74) is 0. The minimum absolute atomic E-state index is 0.476. The van der Waals surface area contributed by atoms with Gasteiger partial charge in [0.25, 0.3) is 0 Å². The van der Waals surface area contributed by atoms with Gasteiger partial charge in [-0.1, -0.05) is 0 Å². The molecule has 2 saturated heterocycles. The first-order chi connectivity index (χ1) is 9.87. The SMILES string of the molecule is c1coc(CN2CCN3C[C@@H](OCC4CC4)C[C@@H]3C2)c1. The van der Waals surface area contributed by atoms with E-state index in [9.17, 15) is 0 Å². The molecule has 0 radical (unpaired) electrons. The molecule has 0 aromatic carbocycles. The molecule has 20 heavy (non-hydrogen) atoms. The van der Waals surface area contributed by atoms with Crippen LogP contribution in [-0.2, 0) is 11.3 Å². The lowest BCUT2D eigenvalue weighted by Gasteiger charge is -2.36. The van der Waals surface area contributed by atoms with Crippen LogP contribution < -0.4 is 0 Å². The summed E-state index contributed by atoms with van der Waals surface area (Å²) < 4.78 is 11.5. The molecule has 0 spiro atoms. The third-order valence-electron chi connectivity index (χ3n) is 4.89. The Hall–Kier alpha value is -0.840. The van der Waals surface area contributed by atoms with E-state index in [-0.39, 0.29) is 0 Å². The fourth-order valence-electron chi connectivity index (χ4n) is 3.50. The van der Waals surface area contributed by atoms with Gasteiger partial charge in [-0.3, -0.25) is 9.80 Å². The van der Waals surface area contributed by atoms with Crippen LogP contribution in [0.1, 0.15) is 25.0 Å². The minimum atomic E-state index is 0.476. The van der Waals surface area contributed by atoms with Gasteiger partial charge in [0.05, 0.1) is 18.9 Å². The molecule has 3 fully saturated rings. The van der Waals surface area contributed by atoms with Crippen molar-refractivity contribution in [2.75, 3.05) is 32.8 Å². The molecule has 1 saturated carbocycles. The quantitative estimate of drug-likeness (QED) is 0.822. The Kier molecular flexibility index (Phi) is 3.54. The van der Waals surface area contributed by atoms with Crippen LogP contribution in [0, 0.1) is 5.92 Å². The predicted octanol–water partition coefficient (Wildman–Crippen LogP) is 1.96. The van der Waals surface area contributed by atoms with Gasteiger partial charge < -0.3 is 9.15 Å². The van der Waals surface area contributed by atoms with Crippen LogP contribution in [-0.4, -0.2) is 54.7 Å². The molecule has 1 aromatic heterocycles. The zero-order valence-corrected chi connectivity index (χ0v) is 12.0. The van der Waals surface area contributed by atoms with E-state index in [1.165, 1.54) is 25.8 Å². The van der Waals surface area contributed by atoms with Gasteiger partial charge >= 0.3 is 0 Å². The van der Waals surface area contributed by atoms with E-state index >= 15 is 0 Å². The number of ether oxygens (including phenoxy) is 1. The van der Waals surface area contributed by atoms with Crippen molar-refractivity contribution in [3.8, 4) is 0 Å². The summed E-state index contributed by atoms with van der Waals surface area (Å²) in [5.74, 6) is 1.96. The second kappa shape index (κ2) is 5.51. The van der Waals surface area contributed by atoms with Gasteiger partial charge in [-0.15, -0.1) is 0 Å². The fraction of sp³-hybridized carbons (Fsp3) is 0.750. The Morgan fingerprint density at radius 3 is 3.00 bits per heavy atom. The molecule has 1 aliphatic carbocycles. The number of piperazine rings is 1. The molecule has 0 unspecified atom stereocenters. The average Bonchev–Trinajstić information content (AvgIpc) is 2.97. The van der Waals surface area contributed by atoms with Crippen LogP contribution in [0.3, 0.4) is 0 Å². The first-order valence-electron chi connectivity index (χ1n) is 7.97. The number of fused-ring (bicyclic) bond motifs is 1. The fourth-order valence-corrected chi connectivity index (χ4v) is 3.50. The lowest BCUT2D eigenvalue weighted by atomic mass is 10.1. The van der Waals surface area contributed by atoms with Gasteiger partial charge in [0, 0.05) is 38.8 Å². The summed E-state index contributed by atoms with van der Waals surface area (Å²) >= 11 is 0. The smallest absolute Gasteiger partial charge is 0.117 e. The first-order valence-corrected chi connectivity index (χ1v) is 7.97. The van der Waals surface area contributed by atoms with Crippen LogP contribution in [0.5, 0.6) is 0 Å². The highest BCUT2D eigenvalue weighted by molar-refractivity contribution is 5.00. The number of furan rings is 1. The Morgan fingerprint density at radius 2 is 2.20 bits per heavy atom. The Bertz CT molecular complexity index is 430. The summed E-state index contributed by atoms with van der Waals surface area (Å²) in [6, 6.07) is 4.73. The normalized spacial score (nSPS) is 31.6. The second-order valence-corrected chi connectivity index (χ2v) is 6.60. The number of hydrogen-bond acceptors (Lipinski definition) is 4. The van der Waals surface area contributed by atoms with Crippen molar-refractivity contribution in [1.29, 1.82) is 0 Å². The standard InChI is InChI=1S/C16H24N2O2/c1-2-15(19-7-1)10-17-5-6-18-11-16(8-14(18)9-17)20-12-13-3-4-13/h1-2,7,13-14,16H,3-6,8-12H2/t14-,16+/m1/s1. The summed E-state index contributed by atoms with van der Waals surface area (Å²) in [4.78, 5) is 5.14. The van der Waals surface area contributed by atoms with Crippen molar-refractivity contribution in [2.45, 2.75) is 38.0 Å². The third kappa shape index (κ3) is 2.92. The monoisotopic (exact) mass is 276 g/mol. The molecule has 1 aromatic rings. The Labute approximate surface area is 120 Å². The molecular formula is C16H24N2O2. The summed E-state index contributed by atoms with van der Waals surface area (Å²) in [6.45, 7) is 6.57. The maximum Gasteiger partial charge on any atom is 0.117 e. The minimum Gasteiger partial charge on any atom is -0.468 e. The molecule has 3 aliphatic rings. The molecule has 3 heterocycles. The molecule has 4 heteroatoms. The van der Waals surface area contributed by atoms with Crippen LogP contribution in [0.4, 0.5) is 0 Å². The molecule has 0 amide bonds. The van der Waals surface area contributed by atoms with E-state index in [1.54, 1.807) is 6.26 Å². The molecule has 110 valence electrons. The van der Waals surface area contributed by atoms with Gasteiger partial charge in [-0.25, -0.2) is 0 Å². The van der Waals surface area contributed by atoms with Gasteiger partial charge in [0.1, 0.15) is 5.76 Å². The largest absolute Gasteiger partial charge is 0.468 e. The van der Waals surface area contributed by atoms with Crippen molar-refractivity contribution >= 4 is 0 Å². The number of rotatable bonds is 5. The van der Waals surface area contributed by atoms with Crippen molar-refractivity contribution < 1.29 is 9.15 Å². The summed E-state index contributed by atoms with van der Waals surface area (Å²) in [7, 11) is 0. The van der Waals surface area contributed by atoms with Gasteiger partial charge in [-0.2, -0.15) is 0 Å². The van der Waals surface area contributed by atoms with Crippen molar-refractivity contribution in [3.05, 3.63) is 24.2 Å². The molecule has 2 atom stereocenters. The number of nitrogens with zero attached hydrogens (tertiary/aromatic N) is 2. The van der Waals surface area contributed by atoms with Crippen LogP contribution in [0.15, 0.2) is 22.8 Å². The average molecular weight is 276 g/mol. The van der Waals surface area contributed by atoms with Crippen molar-refractivity contribution in [2.24, 2.45) is 5.92 Å². The van der Waals surface area contributed by atoms with E-state index in [4.69, 9.17) is 9.15 Å². The highest BCUT2D eigenvalue weighted by atomic mass is 16.5. The van der Waals surface area contributed by atoms with Crippen LogP contribution in [0.2, 0.25) is 0 Å². The molecule has 2 aliphatic heterocycles. The first kappa shape index (κ1) is 12.9. The van der Waals surface area contributed by atoms with E-state index in [2.05, 4.69) is 15.9 Å². The van der Waals surface area contributed by atoms with E-state index in [1.807, 2.05) is 6.07 Å². The topological polar surface area (TPSA) is 28.9 Å². The Balaban J connectivity index is 1.28. The maximum absolute atomic E-state index is 6.08. The van der Waals surface area contributed by atoms with Gasteiger partial charge in [0.15, 0.2) is 0 Å². The second-order valence-electron chi connectivity index (χ2n) is 6.60. The maximum atomic E-state index is 6.08. The lowest BCUT2D eigenvalue weighted by molar-refractivity contribution is 0.0506. The van der Waals surface area contributed by atoms with Crippen molar-refractivity contribution in [1.82, 2.24) is 9.80 Å². The third-order valence-corrected chi connectivity index (χ3v) is 4.89. The molecule has 4 rings (SSSR count). The van der Waals surface area contributed by atoms with E-state index in [0.717, 1.165) is 44.5 Å². The zero-order chi connectivity index (χ0) is 13.4. The van der Waals surface area contributed by atoms with E-state index < -0.39 is 0 Å². The van der Waals surface area contributed by atoms with Gasteiger partial charge in [-0.05, 0) is 37.3 Å². The Morgan fingerprint density at radius 1 is 1.25 bits per heavy atom. The molecular weight excluding hydrogens is 252 g/mol. The van der Waals surface area contributed by atoms with E-state index in [0.29, 0.717) is 12.1 Å². The highest BCUT2D eigenvalue weighted by Gasteiger charge is 2.37. The summed E-state index contributed by atoms with van der Waals surface area (Å²) in [5, 5.41) is 0. The zero-order valence-electron chi connectivity index (χ0n) is 12.0.